The zero-order chi connectivity index (χ0) is 21.1. The molecule has 3 aromatic carbocycles. The van der Waals surface area contributed by atoms with Crippen molar-refractivity contribution in [2.75, 3.05) is 0 Å². The van der Waals surface area contributed by atoms with Crippen LogP contribution in [0.1, 0.15) is 38.1 Å². The van der Waals surface area contributed by atoms with Crippen molar-refractivity contribution in [2.45, 2.75) is 19.9 Å². The maximum absolute atomic E-state index is 12.8. The Hall–Kier alpha value is -3.51. The first-order valence-electron chi connectivity index (χ1n) is 9.64. The molecule has 30 heavy (non-hydrogen) atoms. The molecule has 0 bridgehead atoms. The van der Waals surface area contributed by atoms with Gasteiger partial charge in [0.25, 0.3) is 5.91 Å². The Labute approximate surface area is 177 Å². The molecular weight excluding hydrogens is 396 g/mol. The smallest absolute Gasteiger partial charge is 0.336 e. The van der Waals surface area contributed by atoms with Gasteiger partial charge in [-0.15, -0.1) is 11.3 Å². The highest BCUT2D eigenvalue weighted by atomic mass is 32.1. The first-order chi connectivity index (χ1) is 14.6. The monoisotopic (exact) mass is 416 g/mol. The van der Waals surface area contributed by atoms with Crippen LogP contribution < -0.4 is 4.80 Å². The van der Waals surface area contributed by atoms with Crippen LogP contribution in [0.5, 0.6) is 0 Å². The zero-order valence-electron chi connectivity index (χ0n) is 16.4. The lowest BCUT2D eigenvalue weighted by Gasteiger charge is -2.08. The second-order valence-corrected chi connectivity index (χ2v) is 7.96. The number of amides is 1. The summed E-state index contributed by atoms with van der Waals surface area (Å²) in [6, 6.07) is 20.5. The van der Waals surface area contributed by atoms with E-state index < -0.39 is 11.9 Å². The normalized spacial score (nSPS) is 11.7. The van der Waals surface area contributed by atoms with Gasteiger partial charge in [-0.1, -0.05) is 61.5 Å². The number of aromatic carboxylic acids is 1. The zero-order valence-corrected chi connectivity index (χ0v) is 17.2. The minimum atomic E-state index is -1.14. The third-order valence-corrected chi connectivity index (χ3v) is 6.09. The number of aromatic nitrogens is 1. The van der Waals surface area contributed by atoms with E-state index in [2.05, 4.69) is 36.2 Å². The van der Waals surface area contributed by atoms with Gasteiger partial charge >= 0.3 is 5.97 Å². The SMILES string of the molecule is CCc1cn(Cc2cccc3ccccc23)/c(=N/C(=O)c2ccccc2C(=O)O)s1. The highest BCUT2D eigenvalue weighted by Crippen LogP contribution is 2.20. The van der Waals surface area contributed by atoms with Crippen LogP contribution in [0.4, 0.5) is 0 Å². The number of hydrogen-bond acceptors (Lipinski definition) is 3. The average molecular weight is 417 g/mol. The Morgan fingerprint density at radius 1 is 0.967 bits per heavy atom. The van der Waals surface area contributed by atoms with Gasteiger partial charge < -0.3 is 9.67 Å². The molecule has 4 aromatic rings. The summed E-state index contributed by atoms with van der Waals surface area (Å²) in [6.45, 7) is 2.63. The van der Waals surface area contributed by atoms with Crippen molar-refractivity contribution >= 4 is 34.0 Å². The minimum absolute atomic E-state index is 0.0425. The van der Waals surface area contributed by atoms with E-state index in [9.17, 15) is 14.7 Å². The number of thiazole rings is 1. The van der Waals surface area contributed by atoms with Crippen LogP contribution in [0, 0.1) is 0 Å². The van der Waals surface area contributed by atoms with Crippen LogP contribution in [0.25, 0.3) is 10.8 Å². The third-order valence-electron chi connectivity index (χ3n) is 4.92. The number of carbonyl (C=O) groups is 2. The van der Waals surface area contributed by atoms with E-state index in [4.69, 9.17) is 0 Å². The van der Waals surface area contributed by atoms with E-state index in [1.54, 1.807) is 12.1 Å². The predicted molar refractivity (Wildman–Crippen MR) is 118 cm³/mol. The number of fused-ring (bicyclic) bond motifs is 1. The van der Waals surface area contributed by atoms with Crippen molar-refractivity contribution in [1.29, 1.82) is 0 Å². The van der Waals surface area contributed by atoms with Crippen LogP contribution in [-0.4, -0.2) is 21.6 Å². The van der Waals surface area contributed by atoms with E-state index in [1.165, 1.54) is 23.5 Å². The van der Waals surface area contributed by atoms with Crippen molar-refractivity contribution in [3.63, 3.8) is 0 Å². The molecule has 0 unspecified atom stereocenters. The van der Waals surface area contributed by atoms with Gasteiger partial charge in [0.05, 0.1) is 17.7 Å². The standard InChI is InChI=1S/C24H20N2O3S/c1-2-18-15-26(14-17-10-7-9-16-8-3-4-11-19(16)17)24(30-18)25-22(27)20-12-5-6-13-21(20)23(28)29/h3-13,15H,2,14H2,1H3,(H,28,29)/b25-24-. The number of nitrogens with zero attached hydrogens (tertiary/aromatic N) is 2. The lowest BCUT2D eigenvalue weighted by Crippen LogP contribution is -2.18. The Bertz CT molecular complexity index is 1310. The average Bonchev–Trinajstić information content (AvgIpc) is 3.15. The lowest BCUT2D eigenvalue weighted by atomic mass is 10.0. The van der Waals surface area contributed by atoms with Crippen molar-refractivity contribution < 1.29 is 14.7 Å². The highest BCUT2D eigenvalue weighted by Gasteiger charge is 2.16. The maximum Gasteiger partial charge on any atom is 0.336 e. The maximum atomic E-state index is 12.8. The van der Waals surface area contributed by atoms with Gasteiger partial charge in [0.2, 0.25) is 0 Å². The Kier molecular flexibility index (Phi) is 5.59. The molecule has 0 aliphatic rings. The van der Waals surface area contributed by atoms with E-state index in [-0.39, 0.29) is 11.1 Å². The molecule has 0 fully saturated rings. The Morgan fingerprint density at radius 3 is 2.43 bits per heavy atom. The number of hydrogen-bond donors (Lipinski definition) is 1. The van der Waals surface area contributed by atoms with Crippen LogP contribution in [0.3, 0.4) is 0 Å². The number of benzene rings is 3. The fourth-order valence-electron chi connectivity index (χ4n) is 3.41. The molecule has 1 aromatic heterocycles. The summed E-state index contributed by atoms with van der Waals surface area (Å²) in [5.74, 6) is -1.69. The van der Waals surface area contributed by atoms with Gasteiger partial charge in [0.15, 0.2) is 4.80 Å². The molecule has 0 aliphatic heterocycles. The van der Waals surface area contributed by atoms with E-state index in [0.717, 1.165) is 27.6 Å². The molecule has 5 nitrogen and oxygen atoms in total. The number of carboxylic acid groups (broad SMARTS) is 1. The number of rotatable bonds is 5. The quantitative estimate of drug-likeness (QED) is 0.510. The van der Waals surface area contributed by atoms with Gasteiger partial charge in [-0.05, 0) is 34.9 Å². The van der Waals surface area contributed by atoms with Crippen LogP contribution in [0.15, 0.2) is 77.9 Å². The fraction of sp³-hybridized carbons (Fsp3) is 0.125. The fourth-order valence-corrected chi connectivity index (χ4v) is 4.33. The molecule has 1 amide bonds. The largest absolute Gasteiger partial charge is 0.478 e. The number of carboxylic acids is 1. The third kappa shape index (κ3) is 3.95. The summed E-state index contributed by atoms with van der Waals surface area (Å²) in [4.78, 5) is 30.2. The Balaban J connectivity index is 1.78. The van der Waals surface area contributed by atoms with Gasteiger partial charge in [-0.25, -0.2) is 4.79 Å². The molecular formula is C24H20N2O3S. The van der Waals surface area contributed by atoms with Gasteiger partial charge in [0, 0.05) is 11.1 Å². The molecule has 4 rings (SSSR count). The topological polar surface area (TPSA) is 71.7 Å². The number of aryl methyl sites for hydroxylation is 1. The van der Waals surface area contributed by atoms with Gasteiger partial charge in [-0.2, -0.15) is 4.99 Å². The molecule has 0 radical (unpaired) electrons. The van der Waals surface area contributed by atoms with E-state index >= 15 is 0 Å². The predicted octanol–water partition coefficient (Wildman–Crippen LogP) is 4.75. The summed E-state index contributed by atoms with van der Waals surface area (Å²) in [5, 5.41) is 11.7. The molecule has 1 heterocycles. The molecule has 0 atom stereocenters. The molecule has 1 N–H and O–H groups in total. The highest BCUT2D eigenvalue weighted by molar-refractivity contribution is 7.09. The molecule has 0 saturated carbocycles. The van der Waals surface area contributed by atoms with Crippen LogP contribution in [-0.2, 0) is 13.0 Å². The summed E-state index contributed by atoms with van der Waals surface area (Å²) in [6.07, 6.45) is 2.84. The molecule has 0 spiro atoms. The minimum Gasteiger partial charge on any atom is -0.478 e. The van der Waals surface area contributed by atoms with E-state index in [1.807, 2.05) is 29.0 Å². The van der Waals surface area contributed by atoms with Crippen LogP contribution >= 0.6 is 11.3 Å². The summed E-state index contributed by atoms with van der Waals surface area (Å²) in [7, 11) is 0. The van der Waals surface area contributed by atoms with Crippen LogP contribution in [0.2, 0.25) is 0 Å². The first kappa shape index (κ1) is 19.8. The molecule has 0 saturated heterocycles. The van der Waals surface area contributed by atoms with E-state index in [0.29, 0.717) is 11.3 Å². The molecule has 6 heteroatoms. The summed E-state index contributed by atoms with van der Waals surface area (Å²) in [5.41, 5.74) is 1.18. The summed E-state index contributed by atoms with van der Waals surface area (Å²) < 4.78 is 1.96. The Morgan fingerprint density at radius 2 is 1.67 bits per heavy atom. The van der Waals surface area contributed by atoms with Gasteiger partial charge in [-0.3, -0.25) is 4.79 Å². The first-order valence-corrected chi connectivity index (χ1v) is 10.5. The van der Waals surface area contributed by atoms with Crippen molar-refractivity contribution in [2.24, 2.45) is 4.99 Å². The molecule has 150 valence electrons. The van der Waals surface area contributed by atoms with Crippen molar-refractivity contribution in [3.05, 3.63) is 99.3 Å². The second-order valence-electron chi connectivity index (χ2n) is 6.87. The second kappa shape index (κ2) is 8.47. The van der Waals surface area contributed by atoms with Gasteiger partial charge in [0.1, 0.15) is 0 Å². The summed E-state index contributed by atoms with van der Waals surface area (Å²) >= 11 is 1.45. The van der Waals surface area contributed by atoms with Crippen molar-refractivity contribution in [1.82, 2.24) is 4.57 Å². The van der Waals surface area contributed by atoms with Crippen molar-refractivity contribution in [3.8, 4) is 0 Å². The molecule has 0 aliphatic carbocycles. The number of carbonyl (C=O) groups excluding carboxylic acids is 1. The lowest BCUT2D eigenvalue weighted by molar-refractivity contribution is 0.0692.